The topological polar surface area (TPSA) is 52.3 Å². The molecule has 198 valence electrons. The van der Waals surface area contributed by atoms with Gasteiger partial charge in [-0.3, -0.25) is 4.79 Å². The fourth-order valence-corrected chi connectivity index (χ4v) is 5.50. The van der Waals surface area contributed by atoms with Crippen molar-refractivity contribution in [3.8, 4) is 11.1 Å². The number of halogens is 2. The summed E-state index contributed by atoms with van der Waals surface area (Å²) in [4.78, 5) is 20.2. The molecule has 1 fully saturated rings. The summed E-state index contributed by atoms with van der Waals surface area (Å²) in [5, 5.41) is 1.99. The predicted octanol–water partition coefficient (Wildman–Crippen LogP) is 6.55. The Morgan fingerprint density at radius 3 is 2.64 bits per heavy atom. The summed E-state index contributed by atoms with van der Waals surface area (Å²) < 4.78 is 9.86. The lowest BCUT2D eigenvalue weighted by Gasteiger charge is -2.19. The summed E-state index contributed by atoms with van der Waals surface area (Å²) in [5.74, 6) is 0. The molecule has 1 aliphatic rings. The molecule has 0 amide bonds. The molecule has 0 bridgehead atoms. The van der Waals surface area contributed by atoms with Crippen LogP contribution in [0, 0.1) is 0 Å². The van der Waals surface area contributed by atoms with Crippen molar-refractivity contribution >= 4 is 39.9 Å². The molecule has 39 heavy (non-hydrogen) atoms. The third-order valence-corrected chi connectivity index (χ3v) is 8.02. The molecule has 6 nitrogen and oxygen atoms in total. The molecule has 0 radical (unpaired) electrons. The van der Waals surface area contributed by atoms with E-state index in [1.807, 2.05) is 60.5 Å². The second-order valence-electron chi connectivity index (χ2n) is 10.0. The van der Waals surface area contributed by atoms with E-state index in [0.29, 0.717) is 23.2 Å². The molecule has 6 rings (SSSR count). The van der Waals surface area contributed by atoms with E-state index in [4.69, 9.17) is 32.9 Å². The van der Waals surface area contributed by atoms with E-state index < -0.39 is 0 Å². The molecule has 8 heteroatoms. The molecule has 5 aromatic rings. The van der Waals surface area contributed by atoms with E-state index in [9.17, 15) is 4.79 Å². The second-order valence-corrected chi connectivity index (χ2v) is 10.8. The van der Waals surface area contributed by atoms with Gasteiger partial charge in [0.15, 0.2) is 0 Å². The van der Waals surface area contributed by atoms with Gasteiger partial charge in [-0.05, 0) is 47.4 Å². The van der Waals surface area contributed by atoms with Crippen molar-refractivity contribution in [2.45, 2.75) is 25.7 Å². The Labute approximate surface area is 237 Å². The predicted molar refractivity (Wildman–Crippen MR) is 158 cm³/mol. The normalized spacial score (nSPS) is 15.4. The number of fused-ring (bicyclic) bond motifs is 1. The molecule has 3 aromatic heterocycles. The average molecular weight is 559 g/mol. The molecule has 0 saturated carbocycles. The molecule has 0 spiro atoms. The third-order valence-electron chi connectivity index (χ3n) is 7.28. The number of hydrogen-bond donors (Lipinski definition) is 0. The number of hydrogen-bond acceptors (Lipinski definition) is 4. The van der Waals surface area contributed by atoms with E-state index in [1.54, 1.807) is 22.8 Å². The summed E-state index contributed by atoms with van der Waals surface area (Å²) in [6.45, 7) is 2.78. The highest BCUT2D eigenvalue weighted by Gasteiger charge is 2.24. The van der Waals surface area contributed by atoms with Crippen LogP contribution >= 0.6 is 23.2 Å². The number of ether oxygens (including phenoxy) is 1. The highest BCUT2D eigenvalue weighted by molar-refractivity contribution is 6.42. The molecular formula is C31H28Cl2N4O2. The maximum Gasteiger partial charge on any atom is 0.251 e. The highest BCUT2D eigenvalue weighted by Crippen LogP contribution is 2.32. The smallest absolute Gasteiger partial charge is 0.251 e. The van der Waals surface area contributed by atoms with E-state index in [-0.39, 0.29) is 11.7 Å². The van der Waals surface area contributed by atoms with Gasteiger partial charge in [0, 0.05) is 49.5 Å². The fraction of sp³-hybridized carbons (Fsp3) is 0.226. The first-order chi connectivity index (χ1) is 18.9. The zero-order valence-corrected chi connectivity index (χ0v) is 23.1. The summed E-state index contributed by atoms with van der Waals surface area (Å²) in [6.07, 6.45) is 6.95. The Balaban J connectivity index is 1.22. The first-order valence-electron chi connectivity index (χ1n) is 12.9. The lowest BCUT2D eigenvalue weighted by molar-refractivity contribution is 0.0553. The number of anilines is 1. The maximum absolute atomic E-state index is 13.0. The van der Waals surface area contributed by atoms with Crippen LogP contribution in [0.2, 0.25) is 10.0 Å². The van der Waals surface area contributed by atoms with E-state index in [1.165, 1.54) is 5.56 Å². The molecule has 2 aromatic carbocycles. The third kappa shape index (κ3) is 5.46. The van der Waals surface area contributed by atoms with E-state index >= 15 is 0 Å². The maximum atomic E-state index is 13.0. The van der Waals surface area contributed by atoms with Crippen LogP contribution in [0.15, 0.2) is 90.1 Å². The minimum absolute atomic E-state index is 0.0855. The monoisotopic (exact) mass is 558 g/mol. The lowest BCUT2D eigenvalue weighted by atomic mass is 10.1. The Bertz CT molecular complexity index is 1700. The molecule has 1 atom stereocenters. The van der Waals surface area contributed by atoms with Crippen molar-refractivity contribution in [2.24, 2.45) is 7.05 Å². The number of benzene rings is 2. The lowest BCUT2D eigenvalue weighted by Crippen LogP contribution is -2.23. The summed E-state index contributed by atoms with van der Waals surface area (Å²) >= 11 is 12.2. The second kappa shape index (κ2) is 10.9. The van der Waals surface area contributed by atoms with Gasteiger partial charge in [0.05, 0.1) is 41.2 Å². The molecule has 0 N–H and O–H groups in total. The van der Waals surface area contributed by atoms with Crippen LogP contribution in [-0.2, 0) is 24.9 Å². The molecule has 1 saturated heterocycles. The Morgan fingerprint density at radius 2 is 1.85 bits per heavy atom. The van der Waals surface area contributed by atoms with Crippen molar-refractivity contribution in [1.82, 2.24) is 14.1 Å². The minimum Gasteiger partial charge on any atom is -0.372 e. The van der Waals surface area contributed by atoms with Crippen molar-refractivity contribution < 1.29 is 4.74 Å². The Morgan fingerprint density at radius 1 is 1.00 bits per heavy atom. The van der Waals surface area contributed by atoms with Crippen LogP contribution in [0.5, 0.6) is 0 Å². The number of aryl methyl sites for hydroxylation is 1. The van der Waals surface area contributed by atoms with Gasteiger partial charge >= 0.3 is 0 Å². The quantitative estimate of drug-likeness (QED) is 0.227. The largest absolute Gasteiger partial charge is 0.372 e. The van der Waals surface area contributed by atoms with Gasteiger partial charge in [-0.15, -0.1) is 0 Å². The van der Waals surface area contributed by atoms with Crippen molar-refractivity contribution in [2.75, 3.05) is 18.0 Å². The van der Waals surface area contributed by atoms with Crippen LogP contribution in [0.3, 0.4) is 0 Å². The van der Waals surface area contributed by atoms with Gasteiger partial charge in [0.25, 0.3) is 5.56 Å². The van der Waals surface area contributed by atoms with Crippen molar-refractivity contribution in [3.63, 3.8) is 0 Å². The first kappa shape index (κ1) is 25.7. The summed E-state index contributed by atoms with van der Waals surface area (Å²) in [6, 6.07) is 21.5. The zero-order chi connectivity index (χ0) is 26.9. The van der Waals surface area contributed by atoms with Crippen molar-refractivity contribution in [3.05, 3.63) is 117 Å². The van der Waals surface area contributed by atoms with Crippen molar-refractivity contribution in [1.29, 1.82) is 0 Å². The van der Waals surface area contributed by atoms with Crippen LogP contribution in [0.1, 0.15) is 17.5 Å². The summed E-state index contributed by atoms with van der Waals surface area (Å²) in [7, 11) is 1.98. The first-order valence-corrected chi connectivity index (χ1v) is 13.7. The number of aromatic nitrogens is 3. The van der Waals surface area contributed by atoms with Gasteiger partial charge in [0.2, 0.25) is 0 Å². The van der Waals surface area contributed by atoms with Gasteiger partial charge < -0.3 is 18.8 Å². The average Bonchev–Trinajstić information content (AvgIpc) is 3.56. The molecule has 1 aliphatic heterocycles. The number of pyridine rings is 2. The molecule has 0 aliphatic carbocycles. The number of rotatable bonds is 7. The zero-order valence-electron chi connectivity index (χ0n) is 21.6. The minimum atomic E-state index is -0.0855. The Kier molecular flexibility index (Phi) is 7.17. The fourth-order valence-electron chi connectivity index (χ4n) is 5.18. The standard InChI is InChI=1S/C31H28Cl2N4O2/c1-35-19-27(23-9-11-37(30(38)14-23)17-22-7-8-28(32)29(33)13-22)26-15-24(16-34-31(26)35)36-12-10-25(18-36)39-20-21-5-3-2-4-6-21/h2-9,11,13-16,19,25H,10,12,17-18,20H2,1H3. The highest BCUT2D eigenvalue weighted by atomic mass is 35.5. The SMILES string of the molecule is Cn1cc(-c2ccn(Cc3ccc(Cl)c(Cl)c3)c(=O)c2)c2cc(N3CCC(OCc4ccccc4)C3)cnc21. The molecule has 4 heterocycles. The van der Waals surface area contributed by atoms with Gasteiger partial charge in [-0.2, -0.15) is 0 Å². The van der Waals surface area contributed by atoms with Gasteiger partial charge in [-0.1, -0.05) is 59.6 Å². The molecular weight excluding hydrogens is 531 g/mol. The van der Waals surface area contributed by atoms with Crippen LogP contribution in [0.25, 0.3) is 22.2 Å². The van der Waals surface area contributed by atoms with Gasteiger partial charge in [-0.25, -0.2) is 4.98 Å². The van der Waals surface area contributed by atoms with Crippen LogP contribution < -0.4 is 10.5 Å². The van der Waals surface area contributed by atoms with E-state index in [2.05, 4.69) is 23.1 Å². The Hall–Kier alpha value is -3.58. The molecule has 1 unspecified atom stereocenters. The van der Waals surface area contributed by atoms with Crippen LogP contribution in [0.4, 0.5) is 5.69 Å². The number of nitrogens with zero attached hydrogens (tertiary/aromatic N) is 4. The summed E-state index contributed by atoms with van der Waals surface area (Å²) in [5.41, 5.74) is 5.80. The van der Waals surface area contributed by atoms with E-state index in [0.717, 1.165) is 52.9 Å². The van der Waals surface area contributed by atoms with Gasteiger partial charge in [0.1, 0.15) is 5.65 Å². The van der Waals surface area contributed by atoms with Crippen LogP contribution in [-0.4, -0.2) is 33.3 Å².